The first kappa shape index (κ1) is 22.9. The Bertz CT molecular complexity index is 1240. The molecular formula is C27H25F3N2O. The Morgan fingerprint density at radius 2 is 1.91 bits per heavy atom. The molecule has 3 nitrogen and oxygen atoms in total. The topological polar surface area (TPSA) is 36.4 Å². The number of fused-ring (bicyclic) bond motifs is 1. The maximum absolute atomic E-state index is 13.6. The van der Waals surface area contributed by atoms with E-state index in [2.05, 4.69) is 30.3 Å². The van der Waals surface area contributed by atoms with Gasteiger partial charge in [0, 0.05) is 41.7 Å². The lowest BCUT2D eigenvalue weighted by molar-refractivity contribution is -0.137. The average molecular weight is 451 g/mol. The quantitative estimate of drug-likeness (QED) is 0.505. The van der Waals surface area contributed by atoms with Crippen LogP contribution < -0.4 is 0 Å². The summed E-state index contributed by atoms with van der Waals surface area (Å²) in [6.45, 7) is 7.39. The molecule has 33 heavy (non-hydrogen) atoms. The molecule has 1 saturated heterocycles. The predicted molar refractivity (Wildman–Crippen MR) is 124 cm³/mol. The maximum atomic E-state index is 13.6. The van der Waals surface area contributed by atoms with E-state index in [-0.39, 0.29) is 17.6 Å². The van der Waals surface area contributed by atoms with Crippen molar-refractivity contribution >= 4 is 10.9 Å². The Kier molecular flexibility index (Phi) is 6.44. The van der Waals surface area contributed by atoms with Crippen molar-refractivity contribution in [2.45, 2.75) is 32.0 Å². The number of aliphatic hydroxyl groups is 1. The first-order valence-corrected chi connectivity index (χ1v) is 11.0. The number of nitrogens with zero attached hydrogens (tertiary/aromatic N) is 2. The SMILES string of the molecule is C=C(C#Cc1ccc(-c2ccccc2C(F)(F)F)c2ncccc12)N1C[C@@H](CCC)[C@@H](O)C1. The molecule has 4 rings (SSSR count). The molecule has 3 aromatic rings. The van der Waals surface area contributed by atoms with E-state index in [1.54, 1.807) is 30.5 Å². The van der Waals surface area contributed by atoms with E-state index in [1.165, 1.54) is 12.1 Å². The number of hydrogen-bond donors (Lipinski definition) is 1. The van der Waals surface area contributed by atoms with Gasteiger partial charge in [-0.25, -0.2) is 0 Å². The molecule has 2 atom stereocenters. The minimum atomic E-state index is -4.47. The molecule has 1 aromatic heterocycles. The fourth-order valence-electron chi connectivity index (χ4n) is 4.41. The number of aliphatic hydroxyl groups excluding tert-OH is 1. The van der Waals surface area contributed by atoms with Gasteiger partial charge >= 0.3 is 6.18 Å². The third-order valence-corrected chi connectivity index (χ3v) is 6.08. The van der Waals surface area contributed by atoms with Crippen molar-refractivity contribution in [3.8, 4) is 23.0 Å². The first-order chi connectivity index (χ1) is 15.8. The van der Waals surface area contributed by atoms with Crippen LogP contribution in [0.15, 0.2) is 67.0 Å². The molecule has 2 aromatic carbocycles. The van der Waals surface area contributed by atoms with Gasteiger partial charge in [-0.2, -0.15) is 13.2 Å². The highest BCUT2D eigenvalue weighted by molar-refractivity contribution is 5.97. The number of halogens is 3. The van der Waals surface area contributed by atoms with E-state index in [0.717, 1.165) is 25.5 Å². The summed E-state index contributed by atoms with van der Waals surface area (Å²) in [6.07, 6.45) is -1.32. The highest BCUT2D eigenvalue weighted by atomic mass is 19.4. The maximum Gasteiger partial charge on any atom is 0.417 e. The largest absolute Gasteiger partial charge is 0.417 e. The second-order valence-electron chi connectivity index (χ2n) is 8.32. The van der Waals surface area contributed by atoms with Crippen LogP contribution in [-0.4, -0.2) is 34.2 Å². The number of hydrogen-bond acceptors (Lipinski definition) is 3. The fourth-order valence-corrected chi connectivity index (χ4v) is 4.41. The number of allylic oxidation sites excluding steroid dienone is 1. The van der Waals surface area contributed by atoms with Gasteiger partial charge in [0.05, 0.1) is 22.9 Å². The summed E-state index contributed by atoms with van der Waals surface area (Å²) in [4.78, 5) is 6.38. The van der Waals surface area contributed by atoms with Crippen molar-refractivity contribution in [3.05, 3.63) is 78.1 Å². The summed E-state index contributed by atoms with van der Waals surface area (Å²) < 4.78 is 40.8. The summed E-state index contributed by atoms with van der Waals surface area (Å²) >= 11 is 0. The summed E-state index contributed by atoms with van der Waals surface area (Å²) in [7, 11) is 0. The number of β-amino-alcohol motifs (C(OH)–C–C–N with tert-alkyl or cyclic N) is 1. The van der Waals surface area contributed by atoms with Crippen LogP contribution in [0.25, 0.3) is 22.0 Å². The Morgan fingerprint density at radius 1 is 1.12 bits per heavy atom. The standard InChI is InChI=1S/C27H25F3N2O/c1-3-7-20-16-32(17-25(20)33)18(2)11-12-19-13-14-23(26-21(19)9-6-15-31-26)22-8-4-5-10-24(22)27(28,29)30/h4-6,8-10,13-15,20,25,33H,2-3,7,16-17H2,1H3/t20-,25+/m1/s1. The lowest BCUT2D eigenvalue weighted by atomic mass is 9.95. The predicted octanol–water partition coefficient (Wildman–Crippen LogP) is 5.88. The molecule has 6 heteroatoms. The Labute approximate surface area is 191 Å². The Balaban J connectivity index is 1.69. The molecule has 1 aliphatic rings. The number of aromatic nitrogens is 1. The summed E-state index contributed by atoms with van der Waals surface area (Å²) in [5.74, 6) is 6.40. The normalized spacial score (nSPS) is 18.3. The van der Waals surface area contributed by atoms with Gasteiger partial charge < -0.3 is 10.0 Å². The third kappa shape index (κ3) is 4.74. The van der Waals surface area contributed by atoms with Gasteiger partial charge in [-0.1, -0.05) is 56.2 Å². The monoisotopic (exact) mass is 450 g/mol. The smallest absolute Gasteiger partial charge is 0.391 e. The Hall–Kier alpha value is -3.30. The van der Waals surface area contributed by atoms with Crippen molar-refractivity contribution in [2.75, 3.05) is 13.1 Å². The summed E-state index contributed by atoms with van der Waals surface area (Å²) in [6, 6.07) is 12.4. The van der Waals surface area contributed by atoms with Crippen LogP contribution in [0.5, 0.6) is 0 Å². The fraction of sp³-hybridized carbons (Fsp3) is 0.296. The van der Waals surface area contributed by atoms with E-state index >= 15 is 0 Å². The van der Waals surface area contributed by atoms with Gasteiger partial charge in [0.1, 0.15) is 0 Å². The van der Waals surface area contributed by atoms with Crippen LogP contribution in [0.2, 0.25) is 0 Å². The average Bonchev–Trinajstić information content (AvgIpc) is 3.17. The van der Waals surface area contributed by atoms with Crippen molar-refractivity contribution in [1.82, 2.24) is 9.88 Å². The van der Waals surface area contributed by atoms with Crippen LogP contribution in [-0.2, 0) is 6.18 Å². The number of alkyl halides is 3. The van der Waals surface area contributed by atoms with Crippen molar-refractivity contribution in [2.24, 2.45) is 5.92 Å². The van der Waals surface area contributed by atoms with Gasteiger partial charge in [0.25, 0.3) is 0 Å². The number of pyridine rings is 1. The van der Waals surface area contributed by atoms with Crippen molar-refractivity contribution in [1.29, 1.82) is 0 Å². The molecule has 1 aliphatic heterocycles. The van der Waals surface area contributed by atoms with Gasteiger partial charge in [0.2, 0.25) is 0 Å². The van der Waals surface area contributed by atoms with E-state index in [4.69, 9.17) is 0 Å². The zero-order valence-corrected chi connectivity index (χ0v) is 18.4. The van der Waals surface area contributed by atoms with Gasteiger partial charge in [-0.05, 0) is 36.1 Å². The highest BCUT2D eigenvalue weighted by Gasteiger charge is 2.34. The third-order valence-electron chi connectivity index (χ3n) is 6.08. The molecule has 0 aliphatic carbocycles. The molecular weight excluding hydrogens is 425 g/mol. The Morgan fingerprint density at radius 3 is 2.67 bits per heavy atom. The molecule has 0 bridgehead atoms. The van der Waals surface area contributed by atoms with E-state index < -0.39 is 11.7 Å². The number of likely N-dealkylation sites (tertiary alicyclic amines) is 1. The molecule has 0 radical (unpaired) electrons. The van der Waals surface area contributed by atoms with Crippen LogP contribution in [0, 0.1) is 17.8 Å². The van der Waals surface area contributed by atoms with Gasteiger partial charge in [-0.15, -0.1) is 0 Å². The molecule has 0 amide bonds. The highest BCUT2D eigenvalue weighted by Crippen LogP contribution is 2.39. The summed E-state index contributed by atoms with van der Waals surface area (Å²) in [5.41, 5.74) is 1.55. The lowest BCUT2D eigenvalue weighted by Gasteiger charge is -2.16. The molecule has 0 unspecified atom stereocenters. The number of benzene rings is 2. The minimum absolute atomic E-state index is 0.0886. The summed E-state index contributed by atoms with van der Waals surface area (Å²) in [5, 5.41) is 10.9. The second kappa shape index (κ2) is 9.29. The number of rotatable bonds is 4. The first-order valence-electron chi connectivity index (χ1n) is 11.0. The van der Waals surface area contributed by atoms with Crippen molar-refractivity contribution < 1.29 is 18.3 Å². The van der Waals surface area contributed by atoms with E-state index in [9.17, 15) is 18.3 Å². The second-order valence-corrected chi connectivity index (χ2v) is 8.32. The van der Waals surface area contributed by atoms with Gasteiger partial charge in [-0.3, -0.25) is 4.98 Å². The minimum Gasteiger partial charge on any atom is -0.391 e. The van der Waals surface area contributed by atoms with Crippen LogP contribution >= 0.6 is 0 Å². The van der Waals surface area contributed by atoms with Gasteiger partial charge in [0.15, 0.2) is 0 Å². The van der Waals surface area contributed by atoms with Crippen LogP contribution in [0.4, 0.5) is 13.2 Å². The van der Waals surface area contributed by atoms with Crippen molar-refractivity contribution in [3.63, 3.8) is 0 Å². The van der Waals surface area contributed by atoms with E-state index in [0.29, 0.717) is 34.3 Å². The molecule has 0 saturated carbocycles. The molecule has 1 N–H and O–H groups in total. The lowest BCUT2D eigenvalue weighted by Crippen LogP contribution is -2.20. The molecule has 1 fully saturated rings. The van der Waals surface area contributed by atoms with Crippen LogP contribution in [0.3, 0.4) is 0 Å². The zero-order chi connectivity index (χ0) is 23.6. The molecule has 170 valence electrons. The molecule has 2 heterocycles. The van der Waals surface area contributed by atoms with E-state index in [1.807, 2.05) is 11.0 Å². The molecule has 0 spiro atoms. The zero-order valence-electron chi connectivity index (χ0n) is 18.4. The van der Waals surface area contributed by atoms with Crippen LogP contribution in [0.1, 0.15) is 30.9 Å².